The van der Waals surface area contributed by atoms with Crippen molar-refractivity contribution in [3.8, 4) is 0 Å². The van der Waals surface area contributed by atoms with Gasteiger partial charge in [0.25, 0.3) is 0 Å². The number of benzene rings is 1. The number of halogens is 6. The summed E-state index contributed by atoms with van der Waals surface area (Å²) in [5, 5.41) is 8.62. The van der Waals surface area contributed by atoms with Crippen molar-refractivity contribution in [1.29, 1.82) is 0 Å². The van der Waals surface area contributed by atoms with E-state index >= 15 is 0 Å². The van der Waals surface area contributed by atoms with E-state index in [1.54, 1.807) is 6.92 Å². The van der Waals surface area contributed by atoms with Crippen molar-refractivity contribution in [3.63, 3.8) is 0 Å². The molecule has 0 radical (unpaired) electrons. The Labute approximate surface area is 150 Å². The van der Waals surface area contributed by atoms with Gasteiger partial charge in [-0.1, -0.05) is 6.92 Å². The summed E-state index contributed by atoms with van der Waals surface area (Å²) in [5.74, 6) is -5.48. The lowest BCUT2D eigenvalue weighted by atomic mass is 10.2. The van der Waals surface area contributed by atoms with Gasteiger partial charge in [0.05, 0.1) is 12.2 Å². The fraction of sp³-hybridized carbons (Fsp3) is 0.312. The summed E-state index contributed by atoms with van der Waals surface area (Å²) < 4.78 is 77.4. The molecule has 0 aliphatic carbocycles. The molecule has 1 N–H and O–H groups in total. The molecule has 0 fully saturated rings. The van der Waals surface area contributed by atoms with Gasteiger partial charge in [-0.25, -0.2) is 13.2 Å². The normalized spacial score (nSPS) is 11.4. The average molecular weight is 392 g/mol. The van der Waals surface area contributed by atoms with Gasteiger partial charge in [0.1, 0.15) is 0 Å². The molecule has 0 saturated heterocycles. The summed E-state index contributed by atoms with van der Waals surface area (Å²) in [6, 6.07) is 3.28. The molecule has 0 spiro atoms. The number of carbonyl (C=O) groups is 1. The van der Waals surface area contributed by atoms with E-state index in [4.69, 9.17) is 0 Å². The predicted molar refractivity (Wildman–Crippen MR) is 84.5 cm³/mol. The Balaban J connectivity index is 2.14. The second-order valence-electron chi connectivity index (χ2n) is 5.47. The van der Waals surface area contributed by atoms with Gasteiger partial charge in [0, 0.05) is 6.54 Å². The third-order valence-electron chi connectivity index (χ3n) is 3.40. The van der Waals surface area contributed by atoms with Gasteiger partial charge in [-0.3, -0.25) is 4.79 Å². The van der Waals surface area contributed by atoms with Gasteiger partial charge in [-0.2, -0.15) is 13.2 Å². The molecule has 11 heteroatoms. The maximum atomic E-state index is 13.6. The molecule has 2 aromatic rings. The molecule has 1 aromatic carbocycles. The van der Waals surface area contributed by atoms with Crippen LogP contribution in [0.15, 0.2) is 24.3 Å². The average Bonchev–Trinajstić information content (AvgIpc) is 2.61. The number of amides is 1. The first-order valence-electron chi connectivity index (χ1n) is 7.72. The van der Waals surface area contributed by atoms with Gasteiger partial charge >= 0.3 is 6.18 Å². The second kappa shape index (κ2) is 8.23. The molecule has 146 valence electrons. The fourth-order valence-corrected chi connectivity index (χ4v) is 2.18. The minimum Gasteiger partial charge on any atom is -0.346 e. The molecule has 0 bridgehead atoms. The molecule has 0 saturated carbocycles. The van der Waals surface area contributed by atoms with Crippen molar-refractivity contribution in [2.45, 2.75) is 19.5 Å². The molecule has 0 unspecified atom stereocenters. The van der Waals surface area contributed by atoms with E-state index in [2.05, 4.69) is 15.5 Å². The zero-order valence-corrected chi connectivity index (χ0v) is 13.9. The molecule has 0 aliphatic rings. The maximum absolute atomic E-state index is 13.6. The van der Waals surface area contributed by atoms with Crippen LogP contribution in [-0.2, 0) is 11.0 Å². The predicted octanol–water partition coefficient (Wildman–Crippen LogP) is 3.77. The number of aromatic nitrogens is 2. The number of nitrogens with one attached hydrogen (secondary N) is 1. The van der Waals surface area contributed by atoms with Crippen LogP contribution < -0.4 is 10.2 Å². The zero-order chi connectivity index (χ0) is 20.2. The molecule has 1 heterocycles. The van der Waals surface area contributed by atoms with Crippen LogP contribution in [0.25, 0.3) is 0 Å². The highest BCUT2D eigenvalue weighted by atomic mass is 19.4. The number of carbonyl (C=O) groups excluding carboxylic acids is 1. The van der Waals surface area contributed by atoms with Crippen molar-refractivity contribution in [3.05, 3.63) is 47.4 Å². The Morgan fingerprint density at radius 3 is 2.33 bits per heavy atom. The van der Waals surface area contributed by atoms with E-state index in [1.165, 1.54) is 4.90 Å². The molecule has 0 atom stereocenters. The van der Waals surface area contributed by atoms with Crippen LogP contribution in [0.5, 0.6) is 0 Å². The summed E-state index contributed by atoms with van der Waals surface area (Å²) >= 11 is 0. The maximum Gasteiger partial charge on any atom is 0.435 e. The first kappa shape index (κ1) is 20.5. The molecule has 1 amide bonds. The Morgan fingerprint density at radius 1 is 1.07 bits per heavy atom. The van der Waals surface area contributed by atoms with Crippen LogP contribution in [0, 0.1) is 17.5 Å². The molecular formula is C16H14F6N4O. The quantitative estimate of drug-likeness (QED) is 0.601. The number of rotatable bonds is 6. The monoisotopic (exact) mass is 392 g/mol. The summed E-state index contributed by atoms with van der Waals surface area (Å²) in [6.07, 6.45) is -4.13. The largest absolute Gasteiger partial charge is 0.435 e. The highest BCUT2D eigenvalue weighted by Crippen LogP contribution is 2.27. The van der Waals surface area contributed by atoms with Crippen molar-refractivity contribution in [1.82, 2.24) is 10.2 Å². The topological polar surface area (TPSA) is 58.1 Å². The molecule has 2 rings (SSSR count). The molecule has 1 aromatic heterocycles. The number of hydrogen-bond donors (Lipinski definition) is 1. The Kier molecular flexibility index (Phi) is 6.24. The minimum atomic E-state index is -4.65. The SMILES string of the molecule is CCCN(CC(=O)Nc1ccc(F)c(F)c1F)c1ccc(C(F)(F)F)nn1. The highest BCUT2D eigenvalue weighted by molar-refractivity contribution is 5.94. The molecule has 5 nitrogen and oxygen atoms in total. The minimum absolute atomic E-state index is 0.00533. The van der Waals surface area contributed by atoms with E-state index in [-0.39, 0.29) is 12.4 Å². The number of anilines is 2. The number of alkyl halides is 3. The lowest BCUT2D eigenvalue weighted by molar-refractivity contribution is -0.141. The summed E-state index contributed by atoms with van der Waals surface area (Å²) in [7, 11) is 0. The molecule has 0 aliphatic heterocycles. The first-order valence-corrected chi connectivity index (χ1v) is 7.72. The highest BCUT2D eigenvalue weighted by Gasteiger charge is 2.33. The number of hydrogen-bond acceptors (Lipinski definition) is 4. The Hall–Kier alpha value is -2.85. The zero-order valence-electron chi connectivity index (χ0n) is 13.9. The van der Waals surface area contributed by atoms with E-state index in [9.17, 15) is 31.1 Å². The van der Waals surface area contributed by atoms with Crippen molar-refractivity contribution in [2.24, 2.45) is 0 Å². The van der Waals surface area contributed by atoms with Crippen molar-refractivity contribution >= 4 is 17.4 Å². The molecular weight excluding hydrogens is 378 g/mol. The second-order valence-corrected chi connectivity index (χ2v) is 5.47. The van der Waals surface area contributed by atoms with E-state index in [1.807, 2.05) is 0 Å². The number of nitrogens with zero attached hydrogens (tertiary/aromatic N) is 3. The van der Waals surface area contributed by atoms with Gasteiger partial charge in [-0.05, 0) is 30.7 Å². The van der Waals surface area contributed by atoms with Crippen LogP contribution in [-0.4, -0.2) is 29.2 Å². The van der Waals surface area contributed by atoms with Gasteiger partial charge in [0.15, 0.2) is 29.0 Å². The van der Waals surface area contributed by atoms with Gasteiger partial charge < -0.3 is 10.2 Å². The van der Waals surface area contributed by atoms with E-state index in [0.717, 1.165) is 18.2 Å². The summed E-state index contributed by atoms with van der Waals surface area (Å²) in [5.41, 5.74) is -1.75. The smallest absolute Gasteiger partial charge is 0.346 e. The van der Waals surface area contributed by atoms with E-state index < -0.39 is 47.5 Å². The fourth-order valence-electron chi connectivity index (χ4n) is 2.18. The van der Waals surface area contributed by atoms with Crippen LogP contribution in [0.2, 0.25) is 0 Å². The Bertz CT molecular complexity index is 810. The van der Waals surface area contributed by atoms with Crippen molar-refractivity contribution in [2.75, 3.05) is 23.3 Å². The summed E-state index contributed by atoms with van der Waals surface area (Å²) in [4.78, 5) is 13.4. The van der Waals surface area contributed by atoms with Crippen LogP contribution >= 0.6 is 0 Å². The van der Waals surface area contributed by atoms with Gasteiger partial charge in [-0.15, -0.1) is 10.2 Å². The van der Waals surface area contributed by atoms with E-state index in [0.29, 0.717) is 12.5 Å². The summed E-state index contributed by atoms with van der Waals surface area (Å²) in [6.45, 7) is 1.59. The first-order chi connectivity index (χ1) is 12.6. The lowest BCUT2D eigenvalue weighted by Gasteiger charge is -2.22. The van der Waals surface area contributed by atoms with Crippen molar-refractivity contribution < 1.29 is 31.1 Å². The van der Waals surface area contributed by atoms with Crippen LogP contribution in [0.4, 0.5) is 37.8 Å². The third-order valence-corrected chi connectivity index (χ3v) is 3.40. The third kappa shape index (κ3) is 5.08. The van der Waals surface area contributed by atoms with Crippen LogP contribution in [0.3, 0.4) is 0 Å². The van der Waals surface area contributed by atoms with Gasteiger partial charge in [0.2, 0.25) is 5.91 Å². The Morgan fingerprint density at radius 2 is 1.78 bits per heavy atom. The molecule has 27 heavy (non-hydrogen) atoms. The van der Waals surface area contributed by atoms with Crippen LogP contribution in [0.1, 0.15) is 19.0 Å². The standard InChI is InChI=1S/C16H14F6N4O/c1-2-7-26(12-6-5-11(24-25-12)16(20,21)22)8-13(27)23-10-4-3-9(17)14(18)15(10)19/h3-6H,2,7-8H2,1H3,(H,23,27). The lowest BCUT2D eigenvalue weighted by Crippen LogP contribution is -2.35.